The van der Waals surface area contributed by atoms with Crippen molar-refractivity contribution in [2.24, 2.45) is 5.41 Å². The molecule has 0 saturated heterocycles. The quantitative estimate of drug-likeness (QED) is 0.650. The molecule has 0 radical (unpaired) electrons. The summed E-state index contributed by atoms with van der Waals surface area (Å²) in [5.41, 5.74) is 0.712. The Labute approximate surface area is 84.5 Å². The Morgan fingerprint density at radius 2 is 1.54 bits per heavy atom. The monoisotopic (exact) mass is 185 g/mol. The van der Waals surface area contributed by atoms with Crippen LogP contribution in [0.5, 0.6) is 0 Å². The number of hydrogen-bond acceptors (Lipinski definition) is 1. The Morgan fingerprint density at radius 3 is 1.62 bits per heavy atom. The lowest BCUT2D eigenvalue weighted by molar-refractivity contribution is 0.0845. The van der Waals surface area contributed by atoms with Crippen LogP contribution in [0.4, 0.5) is 0 Å². The average Bonchev–Trinajstić information content (AvgIpc) is 1.98. The van der Waals surface area contributed by atoms with Crippen molar-refractivity contribution in [3.63, 3.8) is 0 Å². The standard InChI is InChI=1S/C9H19N.C3H8/c1-4-9(6-5-7-9)8-10(2)3;1-3-2/h4-8H2,1-3H3;3H2,1-2H3. The van der Waals surface area contributed by atoms with Gasteiger partial charge in [-0.05, 0) is 38.8 Å². The fourth-order valence-corrected chi connectivity index (χ4v) is 1.97. The van der Waals surface area contributed by atoms with Crippen LogP contribution >= 0.6 is 0 Å². The maximum absolute atomic E-state index is 2.32. The van der Waals surface area contributed by atoms with Crippen LogP contribution in [-0.2, 0) is 0 Å². The minimum atomic E-state index is 0.712. The van der Waals surface area contributed by atoms with Crippen LogP contribution in [0.2, 0.25) is 0 Å². The molecule has 1 rings (SSSR count). The van der Waals surface area contributed by atoms with Gasteiger partial charge in [-0.25, -0.2) is 0 Å². The van der Waals surface area contributed by atoms with E-state index < -0.39 is 0 Å². The second-order valence-corrected chi connectivity index (χ2v) is 4.65. The molecule has 1 nitrogen and oxygen atoms in total. The summed E-state index contributed by atoms with van der Waals surface area (Å²) >= 11 is 0. The second-order valence-electron chi connectivity index (χ2n) is 4.65. The lowest BCUT2D eigenvalue weighted by atomic mass is 9.67. The van der Waals surface area contributed by atoms with Crippen molar-refractivity contribution < 1.29 is 0 Å². The summed E-state index contributed by atoms with van der Waals surface area (Å²) in [6, 6.07) is 0. The first-order valence-electron chi connectivity index (χ1n) is 5.75. The molecule has 0 aliphatic heterocycles. The zero-order valence-corrected chi connectivity index (χ0v) is 10.2. The van der Waals surface area contributed by atoms with Crippen molar-refractivity contribution in [3.8, 4) is 0 Å². The summed E-state index contributed by atoms with van der Waals surface area (Å²) in [5, 5.41) is 0. The predicted octanol–water partition coefficient (Wildman–Crippen LogP) is 3.54. The van der Waals surface area contributed by atoms with Gasteiger partial charge in [0, 0.05) is 6.54 Å². The highest BCUT2D eigenvalue weighted by Crippen LogP contribution is 2.43. The van der Waals surface area contributed by atoms with Crippen LogP contribution in [0.15, 0.2) is 0 Å². The highest BCUT2D eigenvalue weighted by atomic mass is 15.1. The highest BCUT2D eigenvalue weighted by molar-refractivity contribution is 4.87. The zero-order valence-electron chi connectivity index (χ0n) is 10.2. The molecule has 1 fully saturated rings. The first-order chi connectivity index (χ1) is 6.10. The van der Waals surface area contributed by atoms with Crippen LogP contribution in [0, 0.1) is 5.41 Å². The van der Waals surface area contributed by atoms with Gasteiger partial charge in [-0.3, -0.25) is 0 Å². The van der Waals surface area contributed by atoms with Crippen molar-refractivity contribution in [1.82, 2.24) is 4.90 Å². The molecule has 0 heterocycles. The third kappa shape index (κ3) is 4.66. The Kier molecular flexibility index (Phi) is 6.40. The molecule has 1 saturated carbocycles. The summed E-state index contributed by atoms with van der Waals surface area (Å²) in [5.74, 6) is 0. The molecule has 0 unspecified atom stereocenters. The van der Waals surface area contributed by atoms with Crippen molar-refractivity contribution in [2.45, 2.75) is 52.9 Å². The molecule has 0 aromatic carbocycles. The molecular weight excluding hydrogens is 158 g/mol. The number of nitrogens with zero attached hydrogens (tertiary/aromatic N) is 1. The average molecular weight is 185 g/mol. The van der Waals surface area contributed by atoms with Gasteiger partial charge in [0.1, 0.15) is 0 Å². The van der Waals surface area contributed by atoms with E-state index in [0.29, 0.717) is 5.41 Å². The fourth-order valence-electron chi connectivity index (χ4n) is 1.97. The lowest BCUT2D eigenvalue weighted by Crippen LogP contribution is -2.38. The predicted molar refractivity (Wildman–Crippen MR) is 61.1 cm³/mol. The van der Waals surface area contributed by atoms with Crippen LogP contribution in [0.1, 0.15) is 52.9 Å². The molecule has 80 valence electrons. The summed E-state index contributed by atoms with van der Waals surface area (Å²) in [6.07, 6.45) is 7.00. The first-order valence-corrected chi connectivity index (χ1v) is 5.75. The third-order valence-electron chi connectivity index (χ3n) is 2.82. The topological polar surface area (TPSA) is 3.24 Å². The second kappa shape index (κ2) is 6.42. The third-order valence-corrected chi connectivity index (χ3v) is 2.82. The van der Waals surface area contributed by atoms with E-state index in [0.717, 1.165) is 0 Å². The Hall–Kier alpha value is -0.0400. The van der Waals surface area contributed by atoms with Crippen molar-refractivity contribution >= 4 is 0 Å². The maximum Gasteiger partial charge on any atom is 0.00318 e. The number of rotatable bonds is 3. The number of hydrogen-bond donors (Lipinski definition) is 0. The van der Waals surface area contributed by atoms with Gasteiger partial charge in [0.2, 0.25) is 0 Å². The van der Waals surface area contributed by atoms with Gasteiger partial charge >= 0.3 is 0 Å². The van der Waals surface area contributed by atoms with Crippen molar-refractivity contribution in [1.29, 1.82) is 0 Å². The van der Waals surface area contributed by atoms with Crippen LogP contribution in [0.3, 0.4) is 0 Å². The molecule has 0 N–H and O–H groups in total. The zero-order chi connectivity index (χ0) is 10.3. The molecule has 1 aliphatic carbocycles. The molecule has 0 aromatic heterocycles. The van der Waals surface area contributed by atoms with Gasteiger partial charge in [-0.15, -0.1) is 0 Å². The maximum atomic E-state index is 2.32. The minimum absolute atomic E-state index is 0.712. The molecule has 0 atom stereocenters. The molecule has 1 heteroatoms. The smallest absolute Gasteiger partial charge is 0.00318 e. The highest BCUT2D eigenvalue weighted by Gasteiger charge is 2.34. The summed E-state index contributed by atoms with van der Waals surface area (Å²) in [6.45, 7) is 7.87. The molecule has 13 heavy (non-hydrogen) atoms. The molecule has 0 amide bonds. The normalized spacial score (nSPS) is 18.9. The fraction of sp³-hybridized carbons (Fsp3) is 1.00. The first kappa shape index (κ1) is 13.0. The van der Waals surface area contributed by atoms with Crippen molar-refractivity contribution in [2.75, 3.05) is 20.6 Å². The van der Waals surface area contributed by atoms with E-state index >= 15 is 0 Å². The molecule has 0 spiro atoms. The van der Waals surface area contributed by atoms with Gasteiger partial charge in [-0.1, -0.05) is 33.6 Å². The van der Waals surface area contributed by atoms with E-state index in [9.17, 15) is 0 Å². The van der Waals surface area contributed by atoms with Crippen LogP contribution < -0.4 is 0 Å². The Bertz CT molecular complexity index is 109. The van der Waals surface area contributed by atoms with E-state index in [-0.39, 0.29) is 0 Å². The van der Waals surface area contributed by atoms with E-state index in [4.69, 9.17) is 0 Å². The van der Waals surface area contributed by atoms with Gasteiger partial charge in [0.05, 0.1) is 0 Å². The summed E-state index contributed by atoms with van der Waals surface area (Å²) in [7, 11) is 4.35. The van der Waals surface area contributed by atoms with Gasteiger partial charge in [0.15, 0.2) is 0 Å². The Balaban J connectivity index is 0.000000424. The molecular formula is C12H27N. The minimum Gasteiger partial charge on any atom is -0.309 e. The largest absolute Gasteiger partial charge is 0.309 e. The summed E-state index contributed by atoms with van der Waals surface area (Å²) < 4.78 is 0. The van der Waals surface area contributed by atoms with E-state index in [1.54, 1.807) is 0 Å². The SMILES string of the molecule is CCC.CCC1(CN(C)C)CCC1. The van der Waals surface area contributed by atoms with Gasteiger partial charge in [0.25, 0.3) is 0 Å². The lowest BCUT2D eigenvalue weighted by Gasteiger charge is -2.43. The van der Waals surface area contributed by atoms with Crippen molar-refractivity contribution in [3.05, 3.63) is 0 Å². The Morgan fingerprint density at radius 1 is 1.08 bits per heavy atom. The van der Waals surface area contributed by atoms with Crippen LogP contribution in [-0.4, -0.2) is 25.5 Å². The van der Waals surface area contributed by atoms with Gasteiger partial charge < -0.3 is 4.90 Å². The molecule has 1 aliphatic rings. The van der Waals surface area contributed by atoms with E-state index in [2.05, 4.69) is 39.8 Å². The summed E-state index contributed by atoms with van der Waals surface area (Å²) in [4.78, 5) is 2.32. The molecule has 0 aromatic rings. The van der Waals surface area contributed by atoms with E-state index in [1.807, 2.05) is 0 Å². The van der Waals surface area contributed by atoms with E-state index in [1.165, 1.54) is 38.6 Å². The van der Waals surface area contributed by atoms with Gasteiger partial charge in [-0.2, -0.15) is 0 Å². The molecule has 0 bridgehead atoms. The van der Waals surface area contributed by atoms with Crippen LogP contribution in [0.25, 0.3) is 0 Å².